The Labute approximate surface area is 154 Å². The highest BCUT2D eigenvalue weighted by Gasteiger charge is 2.32. The molecule has 0 aliphatic rings. The van der Waals surface area contributed by atoms with Gasteiger partial charge in [0.1, 0.15) is 12.2 Å². The fourth-order valence-electron chi connectivity index (χ4n) is 2.94. The van der Waals surface area contributed by atoms with Crippen molar-refractivity contribution in [3.63, 3.8) is 0 Å². The molecule has 0 spiro atoms. The Morgan fingerprint density at radius 2 is 1.96 bits per heavy atom. The zero-order valence-corrected chi connectivity index (χ0v) is 15.1. The molecule has 1 aromatic heterocycles. The lowest BCUT2D eigenvalue weighted by Crippen LogP contribution is -2.34. The molecule has 0 aliphatic carbocycles. The number of aliphatic carboxylic acids is 1. The number of nitrogens with zero attached hydrogens (tertiary/aromatic N) is 1. The van der Waals surface area contributed by atoms with Crippen LogP contribution in [-0.4, -0.2) is 28.4 Å². The van der Waals surface area contributed by atoms with Crippen molar-refractivity contribution in [1.29, 1.82) is 0 Å². The molecule has 1 unspecified atom stereocenters. The molecule has 0 saturated carbocycles. The largest absolute Gasteiger partial charge is 0.481 e. The Balaban J connectivity index is 2.38. The van der Waals surface area contributed by atoms with Crippen LogP contribution in [0, 0.1) is 6.92 Å². The van der Waals surface area contributed by atoms with Crippen LogP contribution in [0.3, 0.4) is 0 Å². The third-order valence-electron chi connectivity index (χ3n) is 4.34. The van der Waals surface area contributed by atoms with Crippen molar-refractivity contribution in [2.75, 3.05) is 6.54 Å². The molecule has 8 heteroatoms. The second-order valence-corrected chi connectivity index (χ2v) is 6.18. The van der Waals surface area contributed by atoms with E-state index < -0.39 is 36.1 Å². The maximum atomic E-state index is 13.0. The van der Waals surface area contributed by atoms with Crippen molar-refractivity contribution >= 4 is 11.9 Å². The predicted octanol–water partition coefficient (Wildman–Crippen LogP) is 4.46. The van der Waals surface area contributed by atoms with Gasteiger partial charge in [0, 0.05) is 12.1 Å². The van der Waals surface area contributed by atoms with Crippen LogP contribution in [0.25, 0.3) is 0 Å². The molecule has 5 nitrogen and oxygen atoms in total. The molecule has 1 atom stereocenters. The van der Waals surface area contributed by atoms with Crippen molar-refractivity contribution in [2.24, 2.45) is 0 Å². The van der Waals surface area contributed by atoms with Crippen LogP contribution in [0.2, 0.25) is 0 Å². The van der Waals surface area contributed by atoms with E-state index in [2.05, 4.69) is 0 Å². The SMILES string of the molecule is CCN(C(=O)c1c(C)coc1CC(=O)O)C(C)c1cccc(C(F)(F)F)c1. The Bertz CT molecular complexity index is 842. The fourth-order valence-corrected chi connectivity index (χ4v) is 2.94. The zero-order valence-electron chi connectivity index (χ0n) is 15.1. The molecular formula is C19H20F3NO4. The first-order valence-electron chi connectivity index (χ1n) is 8.33. The van der Waals surface area contributed by atoms with E-state index in [1.807, 2.05) is 0 Å². The molecule has 0 fully saturated rings. The van der Waals surface area contributed by atoms with Gasteiger partial charge in [0.2, 0.25) is 0 Å². The number of carbonyl (C=O) groups is 2. The standard InChI is InChI=1S/C19H20F3NO4/c1-4-23(12(3)13-6-5-7-14(8-13)19(20,21)22)18(26)17-11(2)10-27-15(17)9-16(24)25/h5-8,10,12H,4,9H2,1-3H3,(H,24,25). The van der Waals surface area contributed by atoms with Crippen molar-refractivity contribution in [2.45, 2.75) is 39.4 Å². The number of hydrogen-bond donors (Lipinski definition) is 1. The fraction of sp³-hybridized carbons (Fsp3) is 0.368. The minimum absolute atomic E-state index is 0.0275. The topological polar surface area (TPSA) is 70.8 Å². The van der Waals surface area contributed by atoms with Gasteiger partial charge in [-0.05, 0) is 38.5 Å². The number of amides is 1. The van der Waals surface area contributed by atoms with Gasteiger partial charge in [-0.1, -0.05) is 12.1 Å². The minimum atomic E-state index is -4.48. The number of benzene rings is 1. The number of halogens is 3. The Morgan fingerprint density at radius 1 is 1.30 bits per heavy atom. The molecule has 1 aromatic carbocycles. The van der Waals surface area contributed by atoms with E-state index in [9.17, 15) is 22.8 Å². The van der Waals surface area contributed by atoms with Gasteiger partial charge < -0.3 is 14.4 Å². The number of rotatable bonds is 6. The smallest absolute Gasteiger partial charge is 0.416 e. The lowest BCUT2D eigenvalue weighted by Gasteiger charge is -2.29. The summed E-state index contributed by atoms with van der Waals surface area (Å²) in [6, 6.07) is 4.17. The van der Waals surface area contributed by atoms with Crippen LogP contribution in [0.4, 0.5) is 13.2 Å². The molecule has 2 aromatic rings. The zero-order chi connectivity index (χ0) is 20.4. The summed E-state index contributed by atoms with van der Waals surface area (Å²) in [5.74, 6) is -1.60. The highest BCUT2D eigenvalue weighted by molar-refractivity contribution is 5.97. The number of aryl methyl sites for hydroxylation is 1. The average molecular weight is 383 g/mol. The molecule has 1 heterocycles. The Morgan fingerprint density at radius 3 is 2.52 bits per heavy atom. The van der Waals surface area contributed by atoms with Crippen LogP contribution in [0.1, 0.15) is 52.7 Å². The van der Waals surface area contributed by atoms with E-state index in [0.29, 0.717) is 11.1 Å². The molecule has 1 N–H and O–H groups in total. The monoisotopic (exact) mass is 383 g/mol. The van der Waals surface area contributed by atoms with E-state index in [-0.39, 0.29) is 17.9 Å². The van der Waals surface area contributed by atoms with Crippen LogP contribution in [-0.2, 0) is 17.4 Å². The van der Waals surface area contributed by atoms with E-state index in [4.69, 9.17) is 9.52 Å². The van der Waals surface area contributed by atoms with Crippen LogP contribution >= 0.6 is 0 Å². The number of furan rings is 1. The number of alkyl halides is 3. The summed E-state index contributed by atoms with van der Waals surface area (Å²) in [5.41, 5.74) is 0.159. The van der Waals surface area contributed by atoms with Crippen molar-refractivity contribution in [3.8, 4) is 0 Å². The molecule has 0 bridgehead atoms. The maximum Gasteiger partial charge on any atom is 0.416 e. The third-order valence-corrected chi connectivity index (χ3v) is 4.34. The molecule has 0 radical (unpaired) electrons. The number of carboxylic acids is 1. The molecule has 0 saturated heterocycles. The van der Waals surface area contributed by atoms with Crippen LogP contribution in [0.5, 0.6) is 0 Å². The van der Waals surface area contributed by atoms with Crippen molar-refractivity contribution < 1.29 is 32.3 Å². The van der Waals surface area contributed by atoms with E-state index in [1.54, 1.807) is 20.8 Å². The summed E-state index contributed by atoms with van der Waals surface area (Å²) in [6.45, 7) is 5.18. The quantitative estimate of drug-likeness (QED) is 0.800. The number of carboxylic acid groups (broad SMARTS) is 1. The molecular weight excluding hydrogens is 363 g/mol. The van der Waals surface area contributed by atoms with Crippen molar-refractivity contribution in [1.82, 2.24) is 4.90 Å². The first kappa shape index (κ1) is 20.5. The lowest BCUT2D eigenvalue weighted by atomic mass is 10.0. The van der Waals surface area contributed by atoms with Gasteiger partial charge in [0.15, 0.2) is 0 Å². The maximum absolute atomic E-state index is 13.0. The Hall–Kier alpha value is -2.77. The average Bonchev–Trinajstić information content (AvgIpc) is 2.94. The van der Waals surface area contributed by atoms with Gasteiger partial charge in [-0.25, -0.2) is 0 Å². The molecule has 0 aliphatic heterocycles. The van der Waals surface area contributed by atoms with E-state index >= 15 is 0 Å². The van der Waals surface area contributed by atoms with Crippen molar-refractivity contribution in [3.05, 3.63) is 58.5 Å². The first-order valence-corrected chi connectivity index (χ1v) is 8.33. The van der Waals surface area contributed by atoms with E-state index in [0.717, 1.165) is 12.1 Å². The molecule has 1 amide bonds. The minimum Gasteiger partial charge on any atom is -0.481 e. The Kier molecular flexibility index (Phi) is 5.98. The summed E-state index contributed by atoms with van der Waals surface area (Å²) in [7, 11) is 0. The highest BCUT2D eigenvalue weighted by atomic mass is 19.4. The summed E-state index contributed by atoms with van der Waals surface area (Å²) < 4.78 is 44.1. The van der Waals surface area contributed by atoms with Crippen LogP contribution < -0.4 is 0 Å². The van der Waals surface area contributed by atoms with Gasteiger partial charge in [-0.15, -0.1) is 0 Å². The summed E-state index contributed by atoms with van der Waals surface area (Å²) in [5, 5.41) is 8.98. The highest BCUT2D eigenvalue weighted by Crippen LogP contribution is 2.32. The third kappa shape index (κ3) is 4.50. The van der Waals surface area contributed by atoms with Gasteiger partial charge in [-0.2, -0.15) is 13.2 Å². The summed E-state index contributed by atoms with van der Waals surface area (Å²) >= 11 is 0. The number of carbonyl (C=O) groups excluding carboxylic acids is 1. The van der Waals surface area contributed by atoms with Gasteiger partial charge in [-0.3, -0.25) is 9.59 Å². The molecule has 146 valence electrons. The second kappa shape index (κ2) is 7.85. The normalized spacial score (nSPS) is 12.7. The second-order valence-electron chi connectivity index (χ2n) is 6.18. The molecule has 2 rings (SSSR count). The summed E-state index contributed by atoms with van der Waals surface area (Å²) in [4.78, 5) is 25.4. The summed E-state index contributed by atoms with van der Waals surface area (Å²) in [6.07, 6.45) is -3.63. The van der Waals surface area contributed by atoms with Gasteiger partial charge in [0.25, 0.3) is 5.91 Å². The number of hydrogen-bond acceptors (Lipinski definition) is 3. The van der Waals surface area contributed by atoms with Crippen LogP contribution in [0.15, 0.2) is 34.9 Å². The van der Waals surface area contributed by atoms with Gasteiger partial charge >= 0.3 is 12.1 Å². The van der Waals surface area contributed by atoms with Gasteiger partial charge in [0.05, 0.1) is 23.4 Å². The first-order chi connectivity index (χ1) is 12.6. The molecule has 27 heavy (non-hydrogen) atoms. The van der Waals surface area contributed by atoms with E-state index in [1.165, 1.54) is 23.3 Å². The predicted molar refractivity (Wildman–Crippen MR) is 91.4 cm³/mol. The lowest BCUT2D eigenvalue weighted by molar-refractivity contribution is -0.138.